The molecule has 2 aromatic heterocycles. The number of amides is 1. The maximum Gasteiger partial charge on any atom is 0.248 e. The lowest BCUT2D eigenvalue weighted by Gasteiger charge is -2.33. The Kier molecular flexibility index (Phi) is 5.36. The van der Waals surface area contributed by atoms with Crippen LogP contribution in [0.4, 0.5) is 0 Å². The summed E-state index contributed by atoms with van der Waals surface area (Å²) in [6.45, 7) is 5.08. The largest absolute Gasteiger partial charge is 0.468 e. The first kappa shape index (κ1) is 17.3. The summed E-state index contributed by atoms with van der Waals surface area (Å²) >= 11 is 0. The molecule has 1 unspecified atom stereocenters. The van der Waals surface area contributed by atoms with E-state index in [1.807, 2.05) is 23.2 Å². The standard InChI is InChI=1S/C19H26N4O3/c24-19(22-8-1-2-9-22)15-25-11-6-17-13-21(14-18-4-3-10-26-18)12-16-5-7-20-23(16)17/h3-5,7,10,17H,1-2,6,8-9,11-15H2. The lowest BCUT2D eigenvalue weighted by molar-refractivity contribution is -0.135. The fourth-order valence-corrected chi connectivity index (χ4v) is 3.86. The first-order chi connectivity index (χ1) is 12.8. The molecular weight excluding hydrogens is 332 g/mol. The zero-order valence-electron chi connectivity index (χ0n) is 15.0. The van der Waals surface area contributed by atoms with Crippen LogP contribution in [0, 0.1) is 0 Å². The number of carbonyl (C=O) groups excluding carboxylic acids is 1. The van der Waals surface area contributed by atoms with Crippen LogP contribution in [0.15, 0.2) is 35.1 Å². The first-order valence-electron chi connectivity index (χ1n) is 9.42. The molecule has 7 heteroatoms. The van der Waals surface area contributed by atoms with Gasteiger partial charge in [0.1, 0.15) is 12.4 Å². The van der Waals surface area contributed by atoms with Crippen molar-refractivity contribution >= 4 is 5.91 Å². The second-order valence-corrected chi connectivity index (χ2v) is 7.10. The highest BCUT2D eigenvalue weighted by Crippen LogP contribution is 2.24. The van der Waals surface area contributed by atoms with E-state index in [4.69, 9.17) is 9.15 Å². The molecule has 4 rings (SSSR count). The third kappa shape index (κ3) is 3.99. The average Bonchev–Trinajstić information content (AvgIpc) is 3.40. The van der Waals surface area contributed by atoms with Gasteiger partial charge in [-0.1, -0.05) is 0 Å². The van der Waals surface area contributed by atoms with Gasteiger partial charge in [0.2, 0.25) is 5.91 Å². The van der Waals surface area contributed by atoms with Crippen molar-refractivity contribution in [1.29, 1.82) is 0 Å². The summed E-state index contributed by atoms with van der Waals surface area (Å²) in [7, 11) is 0. The molecule has 2 aromatic rings. The van der Waals surface area contributed by atoms with Gasteiger partial charge in [-0.05, 0) is 37.5 Å². The predicted octanol–water partition coefficient (Wildman–Crippen LogP) is 2.06. The number of ether oxygens (including phenoxy) is 1. The minimum absolute atomic E-state index is 0.116. The second kappa shape index (κ2) is 8.05. The number of nitrogens with zero attached hydrogens (tertiary/aromatic N) is 4. The Labute approximate surface area is 153 Å². The van der Waals surface area contributed by atoms with Gasteiger partial charge in [0.25, 0.3) is 0 Å². The van der Waals surface area contributed by atoms with Gasteiger partial charge in [-0.15, -0.1) is 0 Å². The average molecular weight is 358 g/mol. The van der Waals surface area contributed by atoms with Gasteiger partial charge in [0.05, 0.1) is 24.5 Å². The lowest BCUT2D eigenvalue weighted by atomic mass is 10.1. The van der Waals surface area contributed by atoms with E-state index in [0.717, 1.165) is 57.7 Å². The topological polar surface area (TPSA) is 63.7 Å². The molecule has 1 amide bonds. The van der Waals surface area contributed by atoms with Gasteiger partial charge in [0, 0.05) is 39.0 Å². The van der Waals surface area contributed by atoms with Gasteiger partial charge in [-0.2, -0.15) is 5.10 Å². The van der Waals surface area contributed by atoms with Crippen LogP contribution in [0.3, 0.4) is 0 Å². The first-order valence-corrected chi connectivity index (χ1v) is 9.42. The fourth-order valence-electron chi connectivity index (χ4n) is 3.86. The maximum absolute atomic E-state index is 12.0. The number of furan rings is 1. The third-order valence-electron chi connectivity index (χ3n) is 5.19. The van der Waals surface area contributed by atoms with Crippen molar-refractivity contribution in [3.8, 4) is 0 Å². The van der Waals surface area contributed by atoms with Crippen molar-refractivity contribution in [3.63, 3.8) is 0 Å². The third-order valence-corrected chi connectivity index (χ3v) is 5.19. The van der Waals surface area contributed by atoms with Crippen molar-refractivity contribution in [2.45, 2.75) is 38.4 Å². The molecule has 26 heavy (non-hydrogen) atoms. The minimum atomic E-state index is 0.116. The summed E-state index contributed by atoms with van der Waals surface area (Å²) < 4.78 is 13.3. The molecule has 0 radical (unpaired) electrons. The van der Waals surface area contributed by atoms with E-state index in [0.29, 0.717) is 6.61 Å². The van der Waals surface area contributed by atoms with Gasteiger partial charge >= 0.3 is 0 Å². The Balaban J connectivity index is 1.28. The van der Waals surface area contributed by atoms with Gasteiger partial charge in [-0.25, -0.2) is 0 Å². The van der Waals surface area contributed by atoms with Crippen molar-refractivity contribution in [2.75, 3.05) is 32.8 Å². The monoisotopic (exact) mass is 358 g/mol. The molecule has 0 bridgehead atoms. The summed E-state index contributed by atoms with van der Waals surface area (Å²) in [6, 6.07) is 6.25. The van der Waals surface area contributed by atoms with E-state index in [9.17, 15) is 4.79 Å². The van der Waals surface area contributed by atoms with E-state index in [1.165, 1.54) is 5.69 Å². The summed E-state index contributed by atoms with van der Waals surface area (Å²) in [5.74, 6) is 1.09. The Morgan fingerprint density at radius 3 is 3.00 bits per heavy atom. The highest BCUT2D eigenvalue weighted by Gasteiger charge is 2.26. The van der Waals surface area contributed by atoms with E-state index in [-0.39, 0.29) is 18.6 Å². The van der Waals surface area contributed by atoms with Crippen LogP contribution in [0.25, 0.3) is 0 Å². The number of hydrogen-bond donors (Lipinski definition) is 0. The van der Waals surface area contributed by atoms with Crippen LogP contribution in [-0.2, 0) is 22.6 Å². The van der Waals surface area contributed by atoms with Crippen LogP contribution >= 0.6 is 0 Å². The maximum atomic E-state index is 12.0. The van der Waals surface area contributed by atoms with Crippen molar-refractivity contribution in [3.05, 3.63) is 42.1 Å². The number of fused-ring (bicyclic) bond motifs is 1. The number of likely N-dealkylation sites (tertiary alicyclic amines) is 1. The van der Waals surface area contributed by atoms with Crippen molar-refractivity contribution < 1.29 is 13.9 Å². The Hall–Kier alpha value is -2.12. The smallest absolute Gasteiger partial charge is 0.248 e. The van der Waals surface area contributed by atoms with Crippen LogP contribution in [0.1, 0.15) is 36.8 Å². The van der Waals surface area contributed by atoms with Crippen LogP contribution in [-0.4, -0.2) is 58.3 Å². The molecule has 2 aliphatic rings. The van der Waals surface area contributed by atoms with E-state index in [1.54, 1.807) is 6.26 Å². The summed E-state index contributed by atoms with van der Waals surface area (Å²) in [5.41, 5.74) is 1.21. The molecule has 1 atom stereocenters. The summed E-state index contributed by atoms with van der Waals surface area (Å²) in [6.07, 6.45) is 6.64. The van der Waals surface area contributed by atoms with Gasteiger partial charge in [0.15, 0.2) is 0 Å². The summed E-state index contributed by atoms with van der Waals surface area (Å²) in [4.78, 5) is 16.3. The van der Waals surface area contributed by atoms with Gasteiger partial charge < -0.3 is 14.1 Å². The molecule has 4 heterocycles. The van der Waals surface area contributed by atoms with E-state index in [2.05, 4.69) is 20.7 Å². The van der Waals surface area contributed by atoms with Gasteiger partial charge in [-0.3, -0.25) is 14.4 Å². The zero-order chi connectivity index (χ0) is 17.8. The summed E-state index contributed by atoms with van der Waals surface area (Å²) in [5, 5.41) is 4.48. The Morgan fingerprint density at radius 2 is 2.19 bits per heavy atom. The molecule has 2 aliphatic heterocycles. The highest BCUT2D eigenvalue weighted by atomic mass is 16.5. The Bertz CT molecular complexity index is 706. The Morgan fingerprint density at radius 1 is 1.31 bits per heavy atom. The molecule has 0 saturated carbocycles. The SMILES string of the molecule is O=C(COCCC1CN(Cc2ccco2)Cc2ccnn21)N1CCCC1. The normalized spacial score (nSPS) is 20.5. The molecular formula is C19H26N4O3. The predicted molar refractivity (Wildman–Crippen MR) is 95.3 cm³/mol. The molecule has 0 N–H and O–H groups in total. The molecule has 1 saturated heterocycles. The highest BCUT2D eigenvalue weighted by molar-refractivity contribution is 5.77. The molecule has 1 fully saturated rings. The van der Waals surface area contributed by atoms with Crippen LogP contribution < -0.4 is 0 Å². The number of hydrogen-bond acceptors (Lipinski definition) is 5. The molecule has 0 spiro atoms. The van der Waals surface area contributed by atoms with Crippen molar-refractivity contribution in [2.24, 2.45) is 0 Å². The zero-order valence-corrected chi connectivity index (χ0v) is 15.0. The second-order valence-electron chi connectivity index (χ2n) is 7.10. The molecule has 140 valence electrons. The fraction of sp³-hybridized carbons (Fsp3) is 0.579. The lowest BCUT2D eigenvalue weighted by Crippen LogP contribution is -2.38. The number of rotatable bonds is 7. The number of aromatic nitrogens is 2. The van der Waals surface area contributed by atoms with Crippen LogP contribution in [0.5, 0.6) is 0 Å². The molecule has 7 nitrogen and oxygen atoms in total. The molecule has 0 aromatic carbocycles. The van der Waals surface area contributed by atoms with Crippen LogP contribution in [0.2, 0.25) is 0 Å². The quantitative estimate of drug-likeness (QED) is 0.709. The minimum Gasteiger partial charge on any atom is -0.468 e. The van der Waals surface area contributed by atoms with E-state index >= 15 is 0 Å². The number of carbonyl (C=O) groups is 1. The van der Waals surface area contributed by atoms with Crippen molar-refractivity contribution in [1.82, 2.24) is 19.6 Å². The van der Waals surface area contributed by atoms with E-state index < -0.39 is 0 Å². The molecule has 0 aliphatic carbocycles.